The maximum absolute atomic E-state index is 14.0. The molecule has 21 heavy (non-hydrogen) atoms. The molecule has 1 aromatic carbocycles. The first kappa shape index (κ1) is 17.5. The number of ether oxygens (including phenoxy) is 1. The van der Waals surface area contributed by atoms with Gasteiger partial charge in [-0.1, -0.05) is 0 Å². The fourth-order valence-electron chi connectivity index (χ4n) is 1.63. The number of methoxy groups -OCH3 is 1. The van der Waals surface area contributed by atoms with Crippen LogP contribution in [0.15, 0.2) is 21.9 Å². The Bertz CT molecular complexity index is 781. The Labute approximate surface area is 121 Å². The molecule has 0 bridgehead atoms. The van der Waals surface area contributed by atoms with Crippen molar-refractivity contribution in [3.8, 4) is 0 Å². The molecule has 118 valence electrons. The van der Waals surface area contributed by atoms with E-state index in [-0.39, 0.29) is 0 Å². The number of esters is 1. The predicted molar refractivity (Wildman–Crippen MR) is 69.6 cm³/mol. The first-order valence-corrected chi connectivity index (χ1v) is 9.17. The molecule has 0 saturated heterocycles. The van der Waals surface area contributed by atoms with Gasteiger partial charge < -0.3 is 9.84 Å². The highest BCUT2D eigenvalue weighted by molar-refractivity contribution is 7.93. The van der Waals surface area contributed by atoms with Crippen molar-refractivity contribution in [3.05, 3.63) is 23.5 Å². The molecule has 1 unspecified atom stereocenters. The van der Waals surface area contributed by atoms with Crippen molar-refractivity contribution in [1.29, 1.82) is 0 Å². The number of carbonyl (C=O) groups is 1. The molecule has 0 aliphatic heterocycles. The Morgan fingerprint density at radius 3 is 2.10 bits per heavy atom. The number of aliphatic hydroxyl groups is 1. The lowest BCUT2D eigenvalue weighted by Crippen LogP contribution is -2.17. The van der Waals surface area contributed by atoms with Crippen LogP contribution in [0, 0.1) is 5.82 Å². The Morgan fingerprint density at radius 2 is 1.71 bits per heavy atom. The average molecular weight is 340 g/mol. The summed E-state index contributed by atoms with van der Waals surface area (Å²) in [5, 5.41) is 9.61. The summed E-state index contributed by atoms with van der Waals surface area (Å²) in [6, 6.07) is 1.31. The van der Waals surface area contributed by atoms with Crippen LogP contribution in [0.25, 0.3) is 0 Å². The van der Waals surface area contributed by atoms with Crippen molar-refractivity contribution in [2.75, 3.05) is 19.6 Å². The smallest absolute Gasteiger partial charge is 0.339 e. The lowest BCUT2D eigenvalue weighted by molar-refractivity contribution is -0.150. The third-order valence-corrected chi connectivity index (χ3v) is 4.95. The van der Waals surface area contributed by atoms with Crippen LogP contribution in [0.3, 0.4) is 0 Å². The summed E-state index contributed by atoms with van der Waals surface area (Å²) in [5.41, 5.74) is -0.424. The average Bonchev–Trinajstić information content (AvgIpc) is 2.33. The summed E-state index contributed by atoms with van der Waals surface area (Å²) in [6.07, 6.45) is -0.597. The molecule has 1 atom stereocenters. The van der Waals surface area contributed by atoms with E-state index >= 15 is 0 Å². The highest BCUT2D eigenvalue weighted by Gasteiger charge is 2.29. The second-order valence-electron chi connectivity index (χ2n) is 4.30. The highest BCUT2D eigenvalue weighted by atomic mass is 32.2. The summed E-state index contributed by atoms with van der Waals surface area (Å²) in [5.74, 6) is -2.51. The molecule has 0 aliphatic carbocycles. The Hall–Kier alpha value is -1.52. The summed E-state index contributed by atoms with van der Waals surface area (Å²) in [7, 11) is -7.30. The third-order valence-electron chi connectivity index (χ3n) is 2.54. The monoisotopic (exact) mass is 340 g/mol. The standard InChI is InChI=1S/C11H13FO7S2/c1-19-11(14)9(13)6-4-7(12)10(21(3,17)18)8(5-6)20(2,15)16/h4-5,9,13H,1-3H3. The summed E-state index contributed by atoms with van der Waals surface area (Å²) in [4.78, 5) is 9.36. The normalized spacial score (nSPS) is 13.8. The molecule has 1 N–H and O–H groups in total. The van der Waals surface area contributed by atoms with E-state index < -0.39 is 52.9 Å². The fraction of sp³-hybridized carbons (Fsp3) is 0.364. The molecule has 10 heteroatoms. The first-order valence-electron chi connectivity index (χ1n) is 5.39. The Morgan fingerprint density at radius 1 is 1.19 bits per heavy atom. The lowest BCUT2D eigenvalue weighted by Gasteiger charge is -2.13. The summed E-state index contributed by atoms with van der Waals surface area (Å²) >= 11 is 0. The fourth-order valence-corrected chi connectivity index (χ4v) is 4.16. The van der Waals surface area contributed by atoms with E-state index in [9.17, 15) is 31.1 Å². The number of aliphatic hydroxyl groups excluding tert-OH is 1. The van der Waals surface area contributed by atoms with Crippen molar-refractivity contribution in [3.63, 3.8) is 0 Å². The number of hydrogen-bond acceptors (Lipinski definition) is 7. The second-order valence-corrected chi connectivity index (χ2v) is 8.24. The molecule has 1 rings (SSSR count). The molecule has 7 nitrogen and oxygen atoms in total. The van der Waals surface area contributed by atoms with Crippen molar-refractivity contribution in [1.82, 2.24) is 0 Å². The molecule has 0 saturated carbocycles. The summed E-state index contributed by atoms with van der Waals surface area (Å²) < 4.78 is 64.6. The number of sulfone groups is 2. The molecule has 0 heterocycles. The molecule has 0 fully saturated rings. The van der Waals surface area contributed by atoms with Crippen LogP contribution < -0.4 is 0 Å². The molecule has 0 radical (unpaired) electrons. The quantitative estimate of drug-likeness (QED) is 0.757. The van der Waals surface area contributed by atoms with Gasteiger partial charge in [-0.15, -0.1) is 0 Å². The summed E-state index contributed by atoms with van der Waals surface area (Å²) in [6.45, 7) is 0. The Balaban J connectivity index is 3.74. The van der Waals surface area contributed by atoms with Crippen molar-refractivity contribution in [2.24, 2.45) is 0 Å². The van der Waals surface area contributed by atoms with Crippen LogP contribution in [-0.2, 0) is 29.2 Å². The molecular formula is C11H13FO7S2. The second kappa shape index (κ2) is 5.70. The van der Waals surface area contributed by atoms with Gasteiger partial charge in [-0.05, 0) is 17.7 Å². The van der Waals surface area contributed by atoms with Gasteiger partial charge in [0.1, 0.15) is 10.7 Å². The SMILES string of the molecule is COC(=O)C(O)c1cc(F)c(S(C)(=O)=O)c(S(C)(=O)=O)c1. The van der Waals surface area contributed by atoms with Gasteiger partial charge in [0.05, 0.1) is 12.0 Å². The largest absolute Gasteiger partial charge is 0.467 e. The van der Waals surface area contributed by atoms with E-state index in [1.165, 1.54) is 0 Å². The number of rotatable bonds is 4. The van der Waals surface area contributed by atoms with Gasteiger partial charge in [0, 0.05) is 12.5 Å². The van der Waals surface area contributed by atoms with Crippen LogP contribution in [0.4, 0.5) is 4.39 Å². The van der Waals surface area contributed by atoms with Crippen LogP contribution in [-0.4, -0.2) is 47.5 Å². The molecule has 0 aromatic heterocycles. The van der Waals surface area contributed by atoms with E-state index in [4.69, 9.17) is 0 Å². The lowest BCUT2D eigenvalue weighted by atomic mass is 10.1. The van der Waals surface area contributed by atoms with Gasteiger partial charge in [-0.25, -0.2) is 26.0 Å². The van der Waals surface area contributed by atoms with E-state index in [1.54, 1.807) is 0 Å². The van der Waals surface area contributed by atoms with Crippen LogP contribution in [0.5, 0.6) is 0 Å². The van der Waals surface area contributed by atoms with E-state index in [2.05, 4.69) is 4.74 Å². The minimum Gasteiger partial charge on any atom is -0.467 e. The van der Waals surface area contributed by atoms with Crippen molar-refractivity contribution >= 4 is 25.6 Å². The molecule has 0 aliphatic rings. The van der Waals surface area contributed by atoms with Gasteiger partial charge in [-0.2, -0.15) is 0 Å². The maximum atomic E-state index is 14.0. The van der Waals surface area contributed by atoms with Crippen LogP contribution in [0.2, 0.25) is 0 Å². The number of benzene rings is 1. The van der Waals surface area contributed by atoms with E-state index in [0.29, 0.717) is 18.6 Å². The van der Waals surface area contributed by atoms with E-state index in [1.807, 2.05) is 0 Å². The minimum atomic E-state index is -4.17. The van der Waals surface area contributed by atoms with Gasteiger partial charge in [0.15, 0.2) is 25.8 Å². The molecule has 0 amide bonds. The molecule has 1 aromatic rings. The van der Waals surface area contributed by atoms with E-state index in [0.717, 1.165) is 13.2 Å². The first-order chi connectivity index (χ1) is 9.39. The number of carbonyl (C=O) groups excluding carboxylic acids is 1. The molecular weight excluding hydrogens is 327 g/mol. The zero-order valence-corrected chi connectivity index (χ0v) is 13.0. The number of halogens is 1. The van der Waals surface area contributed by atoms with Crippen molar-refractivity contribution < 1.29 is 35.9 Å². The Kier molecular flexibility index (Phi) is 4.76. The van der Waals surface area contributed by atoms with Gasteiger partial charge in [0.2, 0.25) is 0 Å². The zero-order chi connectivity index (χ0) is 16.6. The third kappa shape index (κ3) is 3.77. The maximum Gasteiger partial charge on any atom is 0.339 e. The van der Waals surface area contributed by atoms with Crippen LogP contribution in [0.1, 0.15) is 11.7 Å². The topological polar surface area (TPSA) is 115 Å². The van der Waals surface area contributed by atoms with Gasteiger partial charge in [0.25, 0.3) is 0 Å². The van der Waals surface area contributed by atoms with Gasteiger partial charge >= 0.3 is 5.97 Å². The highest BCUT2D eigenvalue weighted by Crippen LogP contribution is 2.28. The zero-order valence-electron chi connectivity index (χ0n) is 11.3. The number of hydrogen-bond donors (Lipinski definition) is 1. The van der Waals surface area contributed by atoms with Gasteiger partial charge in [-0.3, -0.25) is 0 Å². The van der Waals surface area contributed by atoms with Crippen LogP contribution >= 0.6 is 0 Å². The minimum absolute atomic E-state index is 0.424. The molecule has 0 spiro atoms. The van der Waals surface area contributed by atoms with Crippen molar-refractivity contribution in [2.45, 2.75) is 15.9 Å². The predicted octanol–water partition coefficient (Wildman–Crippen LogP) is -0.161.